The smallest absolute Gasteiger partial charge is 0.140 e. The highest BCUT2D eigenvalue weighted by molar-refractivity contribution is 6.42. The second kappa shape index (κ2) is 5.62. The fourth-order valence-corrected chi connectivity index (χ4v) is 1.97. The Hall–Kier alpha value is -0.890. The number of fused-ring (bicyclic) bond motifs is 1. The van der Waals surface area contributed by atoms with Crippen molar-refractivity contribution in [3.8, 4) is 0 Å². The van der Waals surface area contributed by atoms with E-state index < -0.39 is 24.9 Å². The summed E-state index contributed by atoms with van der Waals surface area (Å²) in [5, 5.41) is 38.1. The Bertz CT molecular complexity index is 550. The van der Waals surface area contributed by atoms with Crippen LogP contribution in [0.2, 0.25) is 10.0 Å². The minimum Gasteiger partial charge on any atom is -0.394 e. The first-order chi connectivity index (χ1) is 8.93. The highest BCUT2D eigenvalue weighted by Gasteiger charge is 2.27. The molecule has 8 heteroatoms. The zero-order valence-corrected chi connectivity index (χ0v) is 11.1. The van der Waals surface area contributed by atoms with E-state index >= 15 is 0 Å². The van der Waals surface area contributed by atoms with Crippen LogP contribution in [-0.4, -0.2) is 49.2 Å². The van der Waals surface area contributed by atoms with Gasteiger partial charge in [0.2, 0.25) is 0 Å². The molecule has 0 aliphatic carbocycles. The molecule has 2 aromatic rings. The molecule has 1 heterocycles. The lowest BCUT2D eigenvalue weighted by Crippen LogP contribution is -2.35. The molecule has 0 spiro atoms. The number of aromatic amines is 1. The van der Waals surface area contributed by atoms with Gasteiger partial charge in [-0.05, 0) is 12.1 Å². The standard InChI is InChI=1S/C11H12Cl2N2O4/c12-4-1-6-7(2-5(4)13)15-11(14-6)10(19)9(18)8(17)3-16/h1-2,8-10,16-19H,3H2,(H,14,15)/t8-,9+,10?/m1/s1. The lowest BCUT2D eigenvalue weighted by Gasteiger charge is -2.19. The second-order valence-corrected chi connectivity index (χ2v) is 4.91. The summed E-state index contributed by atoms with van der Waals surface area (Å²) in [7, 11) is 0. The normalized spacial score (nSPS) is 16.5. The van der Waals surface area contributed by atoms with Crippen LogP contribution in [0, 0.1) is 0 Å². The fourth-order valence-electron chi connectivity index (χ4n) is 1.64. The molecule has 1 aromatic heterocycles. The number of rotatable bonds is 4. The van der Waals surface area contributed by atoms with E-state index in [2.05, 4.69) is 9.97 Å². The number of benzene rings is 1. The highest BCUT2D eigenvalue weighted by Crippen LogP contribution is 2.28. The van der Waals surface area contributed by atoms with Crippen LogP contribution in [0.3, 0.4) is 0 Å². The van der Waals surface area contributed by atoms with Crippen LogP contribution >= 0.6 is 23.2 Å². The minimum absolute atomic E-state index is 0.0494. The van der Waals surface area contributed by atoms with Crippen molar-refractivity contribution >= 4 is 34.2 Å². The maximum atomic E-state index is 9.85. The average Bonchev–Trinajstić information content (AvgIpc) is 2.79. The number of hydrogen-bond donors (Lipinski definition) is 5. The molecule has 6 nitrogen and oxygen atoms in total. The van der Waals surface area contributed by atoms with E-state index in [0.717, 1.165) is 0 Å². The van der Waals surface area contributed by atoms with Crippen molar-refractivity contribution in [2.75, 3.05) is 6.61 Å². The van der Waals surface area contributed by atoms with Crippen LogP contribution in [0.25, 0.3) is 11.0 Å². The van der Waals surface area contributed by atoms with Crippen molar-refractivity contribution in [1.29, 1.82) is 0 Å². The van der Waals surface area contributed by atoms with Crippen molar-refractivity contribution in [2.24, 2.45) is 0 Å². The molecular weight excluding hydrogens is 295 g/mol. The molecule has 0 aliphatic heterocycles. The number of aromatic nitrogens is 2. The largest absolute Gasteiger partial charge is 0.394 e. The van der Waals surface area contributed by atoms with Gasteiger partial charge >= 0.3 is 0 Å². The number of H-pyrrole nitrogens is 1. The van der Waals surface area contributed by atoms with Crippen LogP contribution in [0.4, 0.5) is 0 Å². The van der Waals surface area contributed by atoms with Crippen LogP contribution in [0.5, 0.6) is 0 Å². The number of nitrogens with zero attached hydrogens (tertiary/aromatic N) is 1. The number of imidazole rings is 1. The average molecular weight is 307 g/mol. The summed E-state index contributed by atoms with van der Waals surface area (Å²) in [6, 6.07) is 3.05. The maximum Gasteiger partial charge on any atom is 0.140 e. The summed E-state index contributed by atoms with van der Waals surface area (Å²) in [5.74, 6) is 0.0494. The third kappa shape index (κ3) is 2.84. The van der Waals surface area contributed by atoms with Crippen molar-refractivity contribution in [3.63, 3.8) is 0 Å². The van der Waals surface area contributed by atoms with Gasteiger partial charge in [0.15, 0.2) is 0 Å². The zero-order chi connectivity index (χ0) is 14.2. The number of hydrogen-bond acceptors (Lipinski definition) is 5. The minimum atomic E-state index is -1.56. The van der Waals surface area contributed by atoms with Crippen LogP contribution in [-0.2, 0) is 0 Å². The van der Waals surface area contributed by atoms with Gasteiger partial charge in [0.25, 0.3) is 0 Å². The first-order valence-corrected chi connectivity index (χ1v) is 6.19. The molecule has 0 aliphatic rings. The van der Waals surface area contributed by atoms with E-state index in [-0.39, 0.29) is 5.82 Å². The SMILES string of the molecule is OC[C@@H](O)[C@H](O)C(O)c1nc2cc(Cl)c(Cl)cc2[nH]1. The Morgan fingerprint density at radius 3 is 2.42 bits per heavy atom. The van der Waals surface area contributed by atoms with Gasteiger partial charge in [0.1, 0.15) is 24.1 Å². The number of nitrogens with one attached hydrogen (secondary N) is 1. The summed E-state index contributed by atoms with van der Waals surface area (Å²) in [6.07, 6.45) is -4.49. The molecule has 0 fully saturated rings. The van der Waals surface area contributed by atoms with Crippen LogP contribution < -0.4 is 0 Å². The molecule has 0 bridgehead atoms. The quantitative estimate of drug-likeness (QED) is 0.569. The topological polar surface area (TPSA) is 110 Å². The van der Waals surface area contributed by atoms with E-state index in [1.165, 1.54) is 12.1 Å². The molecule has 0 saturated carbocycles. The summed E-state index contributed by atoms with van der Waals surface area (Å²) in [5.41, 5.74) is 1.00. The van der Waals surface area contributed by atoms with E-state index in [4.69, 9.17) is 28.3 Å². The second-order valence-electron chi connectivity index (χ2n) is 4.09. The van der Waals surface area contributed by atoms with Crippen LogP contribution in [0.1, 0.15) is 11.9 Å². The first kappa shape index (κ1) is 14.5. The first-order valence-electron chi connectivity index (χ1n) is 5.43. The van der Waals surface area contributed by atoms with E-state index in [1.54, 1.807) is 0 Å². The predicted molar refractivity (Wildman–Crippen MR) is 70.2 cm³/mol. The molecule has 5 N–H and O–H groups in total. The number of aliphatic hydroxyl groups excluding tert-OH is 4. The van der Waals surface area contributed by atoms with Gasteiger partial charge in [0.05, 0.1) is 27.7 Å². The van der Waals surface area contributed by atoms with E-state index in [9.17, 15) is 15.3 Å². The lowest BCUT2D eigenvalue weighted by atomic mass is 10.1. The number of aliphatic hydroxyl groups is 4. The molecule has 0 radical (unpaired) electrons. The fraction of sp³-hybridized carbons (Fsp3) is 0.364. The Morgan fingerprint density at radius 2 is 1.79 bits per heavy atom. The zero-order valence-electron chi connectivity index (χ0n) is 9.59. The molecule has 0 amide bonds. The van der Waals surface area contributed by atoms with Gasteiger partial charge in [-0.1, -0.05) is 23.2 Å². The Morgan fingerprint density at radius 1 is 1.16 bits per heavy atom. The van der Waals surface area contributed by atoms with Crippen molar-refractivity contribution < 1.29 is 20.4 Å². The Kier molecular flexibility index (Phi) is 4.29. The van der Waals surface area contributed by atoms with Gasteiger partial charge < -0.3 is 25.4 Å². The molecular formula is C11H12Cl2N2O4. The van der Waals surface area contributed by atoms with E-state index in [1.807, 2.05) is 0 Å². The Balaban J connectivity index is 2.35. The molecule has 1 unspecified atom stereocenters. The van der Waals surface area contributed by atoms with Gasteiger partial charge in [-0.3, -0.25) is 0 Å². The summed E-state index contributed by atoms with van der Waals surface area (Å²) in [4.78, 5) is 6.82. The number of halogens is 2. The van der Waals surface area contributed by atoms with Gasteiger partial charge in [0, 0.05) is 0 Å². The monoisotopic (exact) mass is 306 g/mol. The summed E-state index contributed by atoms with van der Waals surface area (Å²) >= 11 is 11.7. The predicted octanol–water partition coefficient (Wildman–Crippen LogP) is 0.617. The summed E-state index contributed by atoms with van der Waals surface area (Å²) in [6.45, 7) is -0.671. The highest BCUT2D eigenvalue weighted by atomic mass is 35.5. The molecule has 3 atom stereocenters. The van der Waals surface area contributed by atoms with Gasteiger partial charge in [-0.15, -0.1) is 0 Å². The lowest BCUT2D eigenvalue weighted by molar-refractivity contribution is -0.0800. The maximum absolute atomic E-state index is 9.85. The van der Waals surface area contributed by atoms with Crippen LogP contribution in [0.15, 0.2) is 12.1 Å². The molecule has 19 heavy (non-hydrogen) atoms. The van der Waals surface area contributed by atoms with Crippen molar-refractivity contribution in [1.82, 2.24) is 9.97 Å². The summed E-state index contributed by atoms with van der Waals surface area (Å²) < 4.78 is 0. The Labute approximate surface area is 118 Å². The molecule has 2 rings (SSSR count). The molecule has 104 valence electrons. The third-order valence-corrected chi connectivity index (χ3v) is 3.45. The molecule has 0 saturated heterocycles. The van der Waals surface area contributed by atoms with Crippen molar-refractivity contribution in [2.45, 2.75) is 18.3 Å². The third-order valence-electron chi connectivity index (χ3n) is 2.73. The van der Waals surface area contributed by atoms with Crippen molar-refractivity contribution in [3.05, 3.63) is 28.0 Å². The van der Waals surface area contributed by atoms with Gasteiger partial charge in [-0.2, -0.15) is 0 Å². The van der Waals surface area contributed by atoms with E-state index in [0.29, 0.717) is 21.1 Å². The van der Waals surface area contributed by atoms with Gasteiger partial charge in [-0.25, -0.2) is 4.98 Å². The molecule has 1 aromatic carbocycles.